The predicted molar refractivity (Wildman–Crippen MR) is 70.8 cm³/mol. The van der Waals surface area contributed by atoms with Crippen LogP contribution in [0.3, 0.4) is 0 Å². The minimum absolute atomic E-state index is 0.0290. The first-order valence-corrected chi connectivity index (χ1v) is 5.84. The van der Waals surface area contributed by atoms with Gasteiger partial charge in [-0.2, -0.15) is 0 Å². The van der Waals surface area contributed by atoms with Gasteiger partial charge in [-0.15, -0.1) is 0 Å². The second-order valence-electron chi connectivity index (χ2n) is 4.13. The summed E-state index contributed by atoms with van der Waals surface area (Å²) in [6.45, 7) is 3.89. The van der Waals surface area contributed by atoms with Crippen molar-refractivity contribution in [2.45, 2.75) is 13.8 Å². The molecule has 2 heteroatoms. The fraction of sp³-hybridized carbons (Fsp3) is 0.133. The van der Waals surface area contributed by atoms with Crippen molar-refractivity contribution >= 4 is 17.4 Å². The van der Waals surface area contributed by atoms with E-state index >= 15 is 0 Å². The summed E-state index contributed by atoms with van der Waals surface area (Å²) in [5, 5.41) is 0.540. The van der Waals surface area contributed by atoms with E-state index in [1.54, 1.807) is 6.07 Å². The second-order valence-corrected chi connectivity index (χ2v) is 4.51. The van der Waals surface area contributed by atoms with Gasteiger partial charge >= 0.3 is 0 Å². The van der Waals surface area contributed by atoms with Crippen LogP contribution < -0.4 is 0 Å². The predicted octanol–water partition coefficient (Wildman–Crippen LogP) is 4.19. The van der Waals surface area contributed by atoms with Crippen LogP contribution in [0.15, 0.2) is 42.5 Å². The number of hydrogen-bond donors (Lipinski definition) is 0. The van der Waals surface area contributed by atoms with Crippen molar-refractivity contribution in [2.75, 3.05) is 0 Å². The molecule has 0 aliphatic heterocycles. The van der Waals surface area contributed by atoms with Crippen LogP contribution in [0.1, 0.15) is 27.0 Å². The molecule has 0 aromatic heterocycles. The Morgan fingerprint density at radius 3 is 2.29 bits per heavy atom. The molecule has 2 rings (SSSR count). The Labute approximate surface area is 106 Å². The van der Waals surface area contributed by atoms with E-state index in [1.807, 2.05) is 50.2 Å². The lowest BCUT2D eigenvalue weighted by Crippen LogP contribution is -2.02. The Morgan fingerprint density at radius 2 is 1.65 bits per heavy atom. The minimum Gasteiger partial charge on any atom is -0.289 e. The zero-order valence-corrected chi connectivity index (χ0v) is 10.6. The topological polar surface area (TPSA) is 17.1 Å². The fourth-order valence-corrected chi connectivity index (χ4v) is 1.90. The monoisotopic (exact) mass is 244 g/mol. The van der Waals surface area contributed by atoms with E-state index in [1.165, 1.54) is 0 Å². The maximum absolute atomic E-state index is 12.2. The summed E-state index contributed by atoms with van der Waals surface area (Å²) < 4.78 is 0. The Bertz CT molecular complexity index is 556. The summed E-state index contributed by atoms with van der Waals surface area (Å²) in [6, 6.07) is 13.0. The lowest BCUT2D eigenvalue weighted by atomic mass is 10.0. The van der Waals surface area contributed by atoms with Gasteiger partial charge in [-0.3, -0.25) is 4.79 Å². The van der Waals surface area contributed by atoms with Crippen LogP contribution >= 0.6 is 11.6 Å². The lowest BCUT2D eigenvalue weighted by Gasteiger charge is -2.06. The van der Waals surface area contributed by atoms with Crippen molar-refractivity contribution in [3.05, 3.63) is 69.7 Å². The third-order valence-electron chi connectivity index (χ3n) is 2.75. The highest BCUT2D eigenvalue weighted by atomic mass is 35.5. The summed E-state index contributed by atoms with van der Waals surface area (Å²) in [4.78, 5) is 12.2. The van der Waals surface area contributed by atoms with Crippen LogP contribution in [-0.4, -0.2) is 5.78 Å². The van der Waals surface area contributed by atoms with Crippen molar-refractivity contribution in [3.63, 3.8) is 0 Å². The summed E-state index contributed by atoms with van der Waals surface area (Å²) in [6.07, 6.45) is 0. The maximum Gasteiger partial charge on any atom is 0.194 e. The summed E-state index contributed by atoms with van der Waals surface area (Å²) in [7, 11) is 0. The normalized spacial score (nSPS) is 10.3. The van der Waals surface area contributed by atoms with Gasteiger partial charge in [0.1, 0.15) is 0 Å². The highest BCUT2D eigenvalue weighted by Gasteiger charge is 2.13. The molecule has 17 heavy (non-hydrogen) atoms. The molecule has 2 aromatic rings. The Hall–Kier alpha value is -1.60. The van der Waals surface area contributed by atoms with Crippen LogP contribution in [0.2, 0.25) is 5.02 Å². The molecule has 0 aliphatic carbocycles. The van der Waals surface area contributed by atoms with Gasteiger partial charge in [0.05, 0.1) is 5.02 Å². The number of rotatable bonds is 2. The summed E-state index contributed by atoms with van der Waals surface area (Å²) in [5.74, 6) is -0.0290. The highest BCUT2D eigenvalue weighted by molar-refractivity contribution is 6.35. The van der Waals surface area contributed by atoms with Gasteiger partial charge < -0.3 is 0 Å². The van der Waals surface area contributed by atoms with Gasteiger partial charge in [0.25, 0.3) is 0 Å². The van der Waals surface area contributed by atoms with E-state index in [9.17, 15) is 4.79 Å². The SMILES string of the molecule is Cc1ccc(C(=O)c2cccc(C)c2Cl)cc1. The van der Waals surface area contributed by atoms with Gasteiger partial charge in [-0.1, -0.05) is 53.6 Å². The molecule has 2 aromatic carbocycles. The van der Waals surface area contributed by atoms with Gasteiger partial charge in [0, 0.05) is 11.1 Å². The number of benzene rings is 2. The Kier molecular flexibility index (Phi) is 3.30. The number of carbonyl (C=O) groups is 1. The third-order valence-corrected chi connectivity index (χ3v) is 3.25. The van der Waals surface area contributed by atoms with Crippen molar-refractivity contribution in [2.24, 2.45) is 0 Å². The average molecular weight is 245 g/mol. The van der Waals surface area contributed by atoms with Gasteiger partial charge in [0.15, 0.2) is 5.78 Å². The molecule has 0 saturated heterocycles. The summed E-state index contributed by atoms with van der Waals surface area (Å²) in [5.41, 5.74) is 3.29. The number of hydrogen-bond acceptors (Lipinski definition) is 1. The fourth-order valence-electron chi connectivity index (χ4n) is 1.68. The molecule has 1 nitrogen and oxygen atoms in total. The molecule has 0 unspecified atom stereocenters. The van der Waals surface area contributed by atoms with E-state index < -0.39 is 0 Å². The first kappa shape index (κ1) is 11.9. The molecular formula is C15H13ClO. The first-order valence-electron chi connectivity index (χ1n) is 5.46. The molecule has 0 saturated carbocycles. The van der Waals surface area contributed by atoms with E-state index in [0.29, 0.717) is 16.1 Å². The molecular weight excluding hydrogens is 232 g/mol. The second kappa shape index (κ2) is 4.72. The van der Waals surface area contributed by atoms with Gasteiger partial charge in [0.2, 0.25) is 0 Å². The zero-order valence-electron chi connectivity index (χ0n) is 9.83. The summed E-state index contributed by atoms with van der Waals surface area (Å²) >= 11 is 6.15. The van der Waals surface area contributed by atoms with Gasteiger partial charge in [-0.05, 0) is 25.5 Å². The van der Waals surface area contributed by atoms with Crippen LogP contribution in [0.4, 0.5) is 0 Å². The van der Waals surface area contributed by atoms with Crippen molar-refractivity contribution < 1.29 is 4.79 Å². The molecule has 0 radical (unpaired) electrons. The molecule has 0 spiro atoms. The van der Waals surface area contributed by atoms with Crippen molar-refractivity contribution in [3.8, 4) is 0 Å². The lowest BCUT2D eigenvalue weighted by molar-refractivity contribution is 0.103. The molecule has 0 atom stereocenters. The quantitative estimate of drug-likeness (QED) is 0.724. The molecule has 0 amide bonds. The minimum atomic E-state index is -0.0290. The van der Waals surface area contributed by atoms with Crippen LogP contribution in [0.5, 0.6) is 0 Å². The number of halogens is 1. The zero-order chi connectivity index (χ0) is 12.4. The van der Waals surface area contributed by atoms with Crippen molar-refractivity contribution in [1.82, 2.24) is 0 Å². The Morgan fingerprint density at radius 1 is 1.00 bits per heavy atom. The third kappa shape index (κ3) is 2.40. The molecule has 0 fully saturated rings. The molecule has 0 heterocycles. The van der Waals surface area contributed by atoms with E-state index in [0.717, 1.165) is 11.1 Å². The average Bonchev–Trinajstić information content (AvgIpc) is 2.33. The van der Waals surface area contributed by atoms with Crippen LogP contribution in [-0.2, 0) is 0 Å². The largest absolute Gasteiger partial charge is 0.289 e. The number of aryl methyl sites for hydroxylation is 2. The molecule has 86 valence electrons. The highest BCUT2D eigenvalue weighted by Crippen LogP contribution is 2.23. The van der Waals surface area contributed by atoms with Gasteiger partial charge in [-0.25, -0.2) is 0 Å². The van der Waals surface area contributed by atoms with Crippen LogP contribution in [0, 0.1) is 13.8 Å². The van der Waals surface area contributed by atoms with E-state index in [4.69, 9.17) is 11.6 Å². The van der Waals surface area contributed by atoms with E-state index in [2.05, 4.69) is 0 Å². The van der Waals surface area contributed by atoms with Crippen molar-refractivity contribution in [1.29, 1.82) is 0 Å². The van der Waals surface area contributed by atoms with Crippen LogP contribution in [0.25, 0.3) is 0 Å². The molecule has 0 N–H and O–H groups in total. The van der Waals surface area contributed by atoms with E-state index in [-0.39, 0.29) is 5.78 Å². The molecule has 0 bridgehead atoms. The standard InChI is InChI=1S/C15H13ClO/c1-10-6-8-12(9-7-10)15(17)13-5-3-4-11(2)14(13)16/h3-9H,1-2H3. The smallest absolute Gasteiger partial charge is 0.194 e. The maximum atomic E-state index is 12.2. The number of ketones is 1. The Balaban J connectivity index is 2.44. The first-order chi connectivity index (χ1) is 8.09. The molecule has 0 aliphatic rings. The number of carbonyl (C=O) groups excluding carboxylic acids is 1.